The molecule has 1 nitrogen and oxygen atoms in total. The minimum atomic E-state index is 0.335. The quantitative estimate of drug-likeness (QED) is 0.736. The zero-order valence-corrected chi connectivity index (χ0v) is 10.8. The Hall–Kier alpha value is -1.89. The van der Waals surface area contributed by atoms with E-state index in [9.17, 15) is 4.79 Å². The van der Waals surface area contributed by atoms with E-state index in [1.165, 1.54) is 23.1 Å². The molecule has 0 aromatic heterocycles. The molecule has 2 aromatic rings. The highest BCUT2D eigenvalue weighted by atomic mass is 16.1. The monoisotopic (exact) mass is 248 g/mol. The Morgan fingerprint density at radius 3 is 2.63 bits per heavy atom. The number of hydrogen-bond acceptors (Lipinski definition) is 1. The van der Waals surface area contributed by atoms with Crippen LogP contribution in [0.25, 0.3) is 0 Å². The lowest BCUT2D eigenvalue weighted by Crippen LogP contribution is -2.13. The van der Waals surface area contributed by atoms with Crippen molar-refractivity contribution >= 4 is 5.78 Å². The van der Waals surface area contributed by atoms with Gasteiger partial charge in [0.15, 0.2) is 5.78 Å². The molecule has 0 saturated carbocycles. The minimum absolute atomic E-state index is 0.335. The van der Waals surface area contributed by atoms with E-state index in [1.807, 2.05) is 6.07 Å². The Kier molecular flexibility index (Phi) is 2.34. The van der Waals surface area contributed by atoms with Gasteiger partial charge in [0.1, 0.15) is 0 Å². The fourth-order valence-corrected chi connectivity index (χ4v) is 3.82. The molecule has 0 aliphatic heterocycles. The molecule has 0 bridgehead atoms. The van der Waals surface area contributed by atoms with Gasteiger partial charge in [-0.25, -0.2) is 0 Å². The summed E-state index contributed by atoms with van der Waals surface area (Å²) in [6, 6.07) is 17.0. The van der Waals surface area contributed by atoms with Crippen LogP contribution >= 0.6 is 0 Å². The predicted molar refractivity (Wildman–Crippen MR) is 75.6 cm³/mol. The minimum Gasteiger partial charge on any atom is -0.294 e. The summed E-state index contributed by atoms with van der Waals surface area (Å²) in [6.45, 7) is 0. The number of rotatable bonds is 1. The zero-order valence-electron chi connectivity index (χ0n) is 10.8. The van der Waals surface area contributed by atoms with Crippen molar-refractivity contribution in [3.8, 4) is 0 Å². The number of Topliss-reactive ketones (excluding diaryl/α,β-unsaturated/α-hetero) is 1. The summed E-state index contributed by atoms with van der Waals surface area (Å²) in [6.07, 6.45) is 2.93. The fourth-order valence-electron chi connectivity index (χ4n) is 3.82. The Balaban J connectivity index is 1.88. The van der Waals surface area contributed by atoms with Gasteiger partial charge in [-0.05, 0) is 35.4 Å². The molecule has 0 saturated heterocycles. The van der Waals surface area contributed by atoms with Crippen LogP contribution in [-0.4, -0.2) is 5.78 Å². The van der Waals surface area contributed by atoms with E-state index in [4.69, 9.17) is 0 Å². The Morgan fingerprint density at radius 1 is 0.947 bits per heavy atom. The third-order valence-electron chi connectivity index (χ3n) is 4.67. The molecule has 2 aliphatic rings. The van der Waals surface area contributed by atoms with Crippen LogP contribution in [0, 0.1) is 0 Å². The van der Waals surface area contributed by atoms with Crippen molar-refractivity contribution in [2.75, 3.05) is 0 Å². The molecular weight excluding hydrogens is 232 g/mol. The summed E-state index contributed by atoms with van der Waals surface area (Å²) < 4.78 is 0. The summed E-state index contributed by atoms with van der Waals surface area (Å²) >= 11 is 0. The van der Waals surface area contributed by atoms with Crippen LogP contribution < -0.4 is 0 Å². The van der Waals surface area contributed by atoms with Crippen molar-refractivity contribution in [3.63, 3.8) is 0 Å². The fraction of sp³-hybridized carbons (Fsp3) is 0.278. The first-order valence-electron chi connectivity index (χ1n) is 7.05. The topological polar surface area (TPSA) is 17.1 Å². The largest absolute Gasteiger partial charge is 0.294 e. The number of benzene rings is 2. The van der Waals surface area contributed by atoms with E-state index in [2.05, 4.69) is 42.5 Å². The summed E-state index contributed by atoms with van der Waals surface area (Å²) in [5.74, 6) is 1.41. The van der Waals surface area contributed by atoms with Crippen molar-refractivity contribution in [1.29, 1.82) is 0 Å². The molecule has 2 aliphatic carbocycles. The molecule has 0 heterocycles. The van der Waals surface area contributed by atoms with Crippen LogP contribution in [0.3, 0.4) is 0 Å². The van der Waals surface area contributed by atoms with E-state index >= 15 is 0 Å². The molecule has 0 N–H and O–H groups in total. The lowest BCUT2D eigenvalue weighted by atomic mass is 9.83. The smallest absolute Gasteiger partial charge is 0.163 e. The van der Waals surface area contributed by atoms with Crippen LogP contribution in [0.2, 0.25) is 0 Å². The van der Waals surface area contributed by atoms with Gasteiger partial charge in [-0.3, -0.25) is 4.79 Å². The van der Waals surface area contributed by atoms with Gasteiger partial charge in [0.05, 0.1) is 0 Å². The molecular formula is C18H16O. The van der Waals surface area contributed by atoms with Gasteiger partial charge in [0, 0.05) is 17.9 Å². The maximum atomic E-state index is 12.1. The maximum Gasteiger partial charge on any atom is 0.163 e. The van der Waals surface area contributed by atoms with Gasteiger partial charge in [-0.1, -0.05) is 48.5 Å². The van der Waals surface area contributed by atoms with E-state index in [1.54, 1.807) is 0 Å². The summed E-state index contributed by atoms with van der Waals surface area (Å²) in [5.41, 5.74) is 5.12. The lowest BCUT2D eigenvalue weighted by Gasteiger charge is -2.20. The van der Waals surface area contributed by atoms with Crippen molar-refractivity contribution in [2.24, 2.45) is 0 Å². The van der Waals surface area contributed by atoms with Crippen molar-refractivity contribution in [3.05, 3.63) is 70.8 Å². The highest BCUT2D eigenvalue weighted by Crippen LogP contribution is 2.50. The van der Waals surface area contributed by atoms with Gasteiger partial charge in [-0.15, -0.1) is 0 Å². The first-order chi connectivity index (χ1) is 9.34. The molecule has 2 aromatic carbocycles. The normalized spacial score (nSPS) is 24.3. The molecule has 0 radical (unpaired) electrons. The molecule has 2 atom stereocenters. The molecule has 19 heavy (non-hydrogen) atoms. The van der Waals surface area contributed by atoms with Crippen molar-refractivity contribution in [1.82, 2.24) is 0 Å². The second-order valence-corrected chi connectivity index (χ2v) is 5.67. The van der Waals surface area contributed by atoms with Gasteiger partial charge in [0.2, 0.25) is 0 Å². The lowest BCUT2D eigenvalue weighted by molar-refractivity contribution is 0.0967. The molecule has 94 valence electrons. The Morgan fingerprint density at radius 2 is 1.79 bits per heavy atom. The van der Waals surface area contributed by atoms with Crippen molar-refractivity contribution < 1.29 is 4.79 Å². The number of hydrogen-bond donors (Lipinski definition) is 0. The highest BCUT2D eigenvalue weighted by molar-refractivity contribution is 5.99. The molecule has 0 amide bonds. The number of carbonyl (C=O) groups is 1. The van der Waals surface area contributed by atoms with Crippen molar-refractivity contribution in [2.45, 2.75) is 31.1 Å². The molecule has 0 spiro atoms. The van der Waals surface area contributed by atoms with Gasteiger partial charge in [-0.2, -0.15) is 0 Å². The molecule has 1 heteroatoms. The molecule has 4 rings (SSSR count). The number of ketones is 1. The van der Waals surface area contributed by atoms with E-state index in [0.717, 1.165) is 18.4 Å². The summed E-state index contributed by atoms with van der Waals surface area (Å²) in [7, 11) is 0. The third kappa shape index (κ3) is 1.58. The first kappa shape index (κ1) is 11.0. The predicted octanol–water partition coefficient (Wildman–Crippen LogP) is 4.28. The second-order valence-electron chi connectivity index (χ2n) is 5.67. The molecule has 0 unspecified atom stereocenters. The Labute approximate surface area is 113 Å². The third-order valence-corrected chi connectivity index (χ3v) is 4.67. The Bertz CT molecular complexity index is 642. The van der Waals surface area contributed by atoms with Gasteiger partial charge < -0.3 is 0 Å². The van der Waals surface area contributed by atoms with E-state index in [-0.39, 0.29) is 0 Å². The van der Waals surface area contributed by atoms with Crippen LogP contribution in [0.5, 0.6) is 0 Å². The van der Waals surface area contributed by atoms with Crippen LogP contribution in [-0.2, 0) is 0 Å². The SMILES string of the molecule is O=C1CC[C@H]2C[C@H](c3ccccc3)c3cccc1c32. The van der Waals surface area contributed by atoms with E-state index in [0.29, 0.717) is 17.6 Å². The van der Waals surface area contributed by atoms with E-state index < -0.39 is 0 Å². The average Bonchev–Trinajstić information content (AvgIpc) is 2.84. The standard InChI is InChI=1S/C18H16O/c19-17-10-9-13-11-16(12-5-2-1-3-6-12)14-7-4-8-15(17)18(13)14/h1-8,13,16H,9-11H2/t13-,16+/m0/s1. The highest BCUT2D eigenvalue weighted by Gasteiger charge is 2.37. The van der Waals surface area contributed by atoms with Crippen LogP contribution in [0.15, 0.2) is 48.5 Å². The summed E-state index contributed by atoms with van der Waals surface area (Å²) in [4.78, 5) is 12.1. The van der Waals surface area contributed by atoms with Crippen LogP contribution in [0.1, 0.15) is 58.1 Å². The molecule has 0 fully saturated rings. The first-order valence-corrected chi connectivity index (χ1v) is 7.05. The zero-order chi connectivity index (χ0) is 12.8. The summed E-state index contributed by atoms with van der Waals surface area (Å²) in [5, 5.41) is 0. The second kappa shape index (κ2) is 4.06. The van der Waals surface area contributed by atoms with Gasteiger partial charge >= 0.3 is 0 Å². The number of carbonyl (C=O) groups excluding carboxylic acids is 1. The van der Waals surface area contributed by atoms with Crippen LogP contribution in [0.4, 0.5) is 0 Å². The van der Waals surface area contributed by atoms with Gasteiger partial charge in [0.25, 0.3) is 0 Å². The average molecular weight is 248 g/mol. The maximum absolute atomic E-state index is 12.1.